The third-order valence-electron chi connectivity index (χ3n) is 2.66. The fourth-order valence-electron chi connectivity index (χ4n) is 1.65. The number of ether oxygens (including phenoxy) is 1. The molecule has 0 saturated heterocycles. The molecule has 108 valence electrons. The molecule has 1 aromatic carbocycles. The topological polar surface area (TPSA) is 52.6 Å². The van der Waals surface area contributed by atoms with E-state index in [1.807, 2.05) is 24.3 Å². The van der Waals surface area contributed by atoms with Crippen molar-refractivity contribution in [2.75, 3.05) is 12.9 Å². The van der Waals surface area contributed by atoms with Crippen LogP contribution in [-0.4, -0.2) is 21.3 Å². The van der Waals surface area contributed by atoms with Crippen molar-refractivity contribution in [3.8, 4) is 5.75 Å². The fourth-order valence-corrected chi connectivity index (χ4v) is 1.99. The summed E-state index contributed by atoms with van der Waals surface area (Å²) in [6.45, 7) is 2.83. The summed E-state index contributed by atoms with van der Waals surface area (Å²) in [4.78, 5) is 0. The second kappa shape index (κ2) is 8.17. The van der Waals surface area contributed by atoms with E-state index in [-0.39, 0.29) is 6.61 Å². The second-order valence-corrected chi connectivity index (χ2v) is 6.13. The molecule has 0 aliphatic carbocycles. The minimum Gasteiger partial charge on any atom is -0.493 e. The van der Waals surface area contributed by atoms with Crippen molar-refractivity contribution in [1.29, 1.82) is 0 Å². The van der Waals surface area contributed by atoms with E-state index in [4.69, 9.17) is 8.92 Å². The highest BCUT2D eigenvalue weighted by atomic mass is 32.2. The quantitative estimate of drug-likeness (QED) is 0.517. The Morgan fingerprint density at radius 3 is 2.53 bits per heavy atom. The zero-order valence-electron chi connectivity index (χ0n) is 11.6. The van der Waals surface area contributed by atoms with Gasteiger partial charge in [-0.05, 0) is 12.5 Å². The van der Waals surface area contributed by atoms with Gasteiger partial charge in [0, 0.05) is 5.56 Å². The van der Waals surface area contributed by atoms with Crippen molar-refractivity contribution in [3.05, 3.63) is 29.8 Å². The molecule has 1 aromatic rings. The summed E-state index contributed by atoms with van der Waals surface area (Å²) in [6.07, 6.45) is 5.61. The molecular weight excluding hydrogens is 264 g/mol. The van der Waals surface area contributed by atoms with Crippen LogP contribution in [0.15, 0.2) is 24.3 Å². The Kier molecular flexibility index (Phi) is 6.87. The maximum atomic E-state index is 11.0. The Balaban J connectivity index is 2.48. The second-order valence-electron chi connectivity index (χ2n) is 4.48. The van der Waals surface area contributed by atoms with Crippen molar-refractivity contribution in [2.45, 2.75) is 39.2 Å². The summed E-state index contributed by atoms with van der Waals surface area (Å²) < 4.78 is 32.4. The van der Waals surface area contributed by atoms with Gasteiger partial charge in [-0.3, -0.25) is 4.18 Å². The molecular formula is C14H22O4S. The molecule has 19 heavy (non-hydrogen) atoms. The maximum Gasteiger partial charge on any atom is 0.264 e. The predicted molar refractivity (Wildman–Crippen MR) is 75.7 cm³/mol. The minimum atomic E-state index is -3.43. The van der Waals surface area contributed by atoms with Gasteiger partial charge in [0.25, 0.3) is 10.1 Å². The van der Waals surface area contributed by atoms with Gasteiger partial charge in [0.1, 0.15) is 5.75 Å². The van der Waals surface area contributed by atoms with Crippen LogP contribution in [0.1, 0.15) is 38.2 Å². The van der Waals surface area contributed by atoms with Gasteiger partial charge in [-0.2, -0.15) is 8.42 Å². The van der Waals surface area contributed by atoms with E-state index in [0.29, 0.717) is 12.4 Å². The molecule has 0 atom stereocenters. The van der Waals surface area contributed by atoms with E-state index in [2.05, 4.69) is 6.92 Å². The molecule has 5 heteroatoms. The summed E-state index contributed by atoms with van der Waals surface area (Å²) in [7, 11) is -3.43. The number of benzene rings is 1. The highest BCUT2D eigenvalue weighted by molar-refractivity contribution is 7.85. The molecule has 0 aliphatic rings. The van der Waals surface area contributed by atoms with Crippen LogP contribution < -0.4 is 4.74 Å². The lowest BCUT2D eigenvalue weighted by molar-refractivity contribution is 0.278. The van der Waals surface area contributed by atoms with Gasteiger partial charge in [-0.15, -0.1) is 0 Å². The zero-order valence-corrected chi connectivity index (χ0v) is 12.4. The lowest BCUT2D eigenvalue weighted by Gasteiger charge is -2.11. The maximum absolute atomic E-state index is 11.0. The molecule has 0 heterocycles. The van der Waals surface area contributed by atoms with Crippen LogP contribution in [0.2, 0.25) is 0 Å². The number of para-hydroxylation sites is 1. The monoisotopic (exact) mass is 286 g/mol. The summed E-state index contributed by atoms with van der Waals surface area (Å²) >= 11 is 0. The first-order valence-electron chi connectivity index (χ1n) is 6.58. The van der Waals surface area contributed by atoms with Gasteiger partial charge < -0.3 is 4.74 Å². The van der Waals surface area contributed by atoms with Crippen LogP contribution in [0.3, 0.4) is 0 Å². The SMILES string of the molecule is CCCCCCOc1ccccc1COS(C)(=O)=O. The van der Waals surface area contributed by atoms with Crippen molar-refractivity contribution in [3.63, 3.8) is 0 Å². The van der Waals surface area contributed by atoms with Gasteiger partial charge in [0.05, 0.1) is 19.5 Å². The Bertz CT molecular complexity index is 468. The predicted octanol–water partition coefficient (Wildman–Crippen LogP) is 3.12. The first-order valence-corrected chi connectivity index (χ1v) is 8.39. The molecule has 0 saturated carbocycles. The highest BCUT2D eigenvalue weighted by Gasteiger charge is 2.07. The lowest BCUT2D eigenvalue weighted by Crippen LogP contribution is -2.05. The number of rotatable bonds is 9. The van der Waals surface area contributed by atoms with Crippen LogP contribution in [-0.2, 0) is 20.9 Å². The molecule has 0 aromatic heterocycles. The molecule has 0 bridgehead atoms. The lowest BCUT2D eigenvalue weighted by atomic mass is 10.2. The molecule has 1 rings (SSSR count). The van der Waals surface area contributed by atoms with Crippen molar-refractivity contribution < 1.29 is 17.3 Å². The molecule has 0 radical (unpaired) electrons. The Morgan fingerprint density at radius 2 is 1.84 bits per heavy atom. The number of unbranched alkanes of at least 4 members (excludes halogenated alkanes) is 3. The smallest absolute Gasteiger partial charge is 0.264 e. The molecule has 0 N–H and O–H groups in total. The first kappa shape index (κ1) is 16.0. The zero-order chi connectivity index (χ0) is 14.1. The Morgan fingerprint density at radius 1 is 1.11 bits per heavy atom. The molecule has 0 spiro atoms. The standard InChI is InChI=1S/C14H22O4S/c1-3-4-5-8-11-17-14-10-7-6-9-13(14)12-18-19(2,15)16/h6-7,9-10H,3-5,8,11-12H2,1-2H3. The largest absolute Gasteiger partial charge is 0.493 e. The van der Waals surface area contributed by atoms with E-state index < -0.39 is 10.1 Å². The first-order chi connectivity index (χ1) is 9.03. The molecule has 0 aliphatic heterocycles. The average molecular weight is 286 g/mol. The third kappa shape index (κ3) is 7.18. The summed E-state index contributed by atoms with van der Waals surface area (Å²) in [5, 5.41) is 0. The van der Waals surface area contributed by atoms with Gasteiger partial charge in [-0.1, -0.05) is 44.4 Å². The van der Waals surface area contributed by atoms with Crippen molar-refractivity contribution in [2.24, 2.45) is 0 Å². The molecule has 4 nitrogen and oxygen atoms in total. The Labute approximate surface area is 115 Å². The Hall–Kier alpha value is -1.07. The van der Waals surface area contributed by atoms with Crippen LogP contribution >= 0.6 is 0 Å². The summed E-state index contributed by atoms with van der Waals surface area (Å²) in [5.41, 5.74) is 0.753. The van der Waals surface area contributed by atoms with Gasteiger partial charge in [0.15, 0.2) is 0 Å². The minimum absolute atomic E-state index is 0.0178. The normalized spacial score (nSPS) is 11.5. The molecule has 0 fully saturated rings. The fraction of sp³-hybridized carbons (Fsp3) is 0.571. The van der Waals surface area contributed by atoms with Crippen LogP contribution in [0.5, 0.6) is 5.75 Å². The van der Waals surface area contributed by atoms with Gasteiger partial charge >= 0.3 is 0 Å². The van der Waals surface area contributed by atoms with Crippen LogP contribution in [0.25, 0.3) is 0 Å². The van der Waals surface area contributed by atoms with Crippen LogP contribution in [0, 0.1) is 0 Å². The average Bonchev–Trinajstić information content (AvgIpc) is 2.36. The highest BCUT2D eigenvalue weighted by Crippen LogP contribution is 2.20. The van der Waals surface area contributed by atoms with Gasteiger partial charge in [0.2, 0.25) is 0 Å². The molecule has 0 unspecified atom stereocenters. The molecule has 0 amide bonds. The van der Waals surface area contributed by atoms with Crippen LogP contribution in [0.4, 0.5) is 0 Å². The summed E-state index contributed by atoms with van der Waals surface area (Å²) in [6, 6.07) is 7.35. The van der Waals surface area contributed by atoms with E-state index >= 15 is 0 Å². The van der Waals surface area contributed by atoms with Crippen molar-refractivity contribution in [1.82, 2.24) is 0 Å². The summed E-state index contributed by atoms with van der Waals surface area (Å²) in [5.74, 6) is 0.697. The van der Waals surface area contributed by atoms with E-state index in [0.717, 1.165) is 24.7 Å². The van der Waals surface area contributed by atoms with Gasteiger partial charge in [-0.25, -0.2) is 0 Å². The number of hydrogen-bond donors (Lipinski definition) is 0. The van der Waals surface area contributed by atoms with Crippen molar-refractivity contribution >= 4 is 10.1 Å². The third-order valence-corrected chi connectivity index (χ3v) is 3.20. The van der Waals surface area contributed by atoms with E-state index in [1.165, 1.54) is 12.8 Å². The van der Waals surface area contributed by atoms with E-state index in [1.54, 1.807) is 0 Å². The number of hydrogen-bond acceptors (Lipinski definition) is 4. The van der Waals surface area contributed by atoms with E-state index in [9.17, 15) is 8.42 Å².